The van der Waals surface area contributed by atoms with Crippen molar-refractivity contribution in [1.82, 2.24) is 19.3 Å². The van der Waals surface area contributed by atoms with E-state index >= 15 is 0 Å². The molecule has 6 nitrogen and oxygen atoms in total. The summed E-state index contributed by atoms with van der Waals surface area (Å²) in [5, 5.41) is 7.56. The molecule has 3 rings (SSSR count). The molecule has 1 aliphatic rings. The first-order valence-electron chi connectivity index (χ1n) is 7.80. The summed E-state index contributed by atoms with van der Waals surface area (Å²) >= 11 is 0. The maximum Gasteiger partial charge on any atom is 0.261 e. The first-order valence-corrected chi connectivity index (χ1v) is 9.24. The highest BCUT2D eigenvalue weighted by atomic mass is 32.2. The third-order valence-electron chi connectivity index (χ3n) is 4.77. The van der Waals surface area contributed by atoms with Gasteiger partial charge in [-0.25, -0.2) is 13.1 Å². The minimum absolute atomic E-state index is 0.0300. The van der Waals surface area contributed by atoms with Crippen LogP contribution in [0.4, 0.5) is 0 Å². The molecular formula is C16H22N4O2S. The van der Waals surface area contributed by atoms with Crippen LogP contribution in [-0.4, -0.2) is 40.8 Å². The zero-order valence-corrected chi connectivity index (χ0v) is 14.5. The van der Waals surface area contributed by atoms with Gasteiger partial charge in [0.1, 0.15) is 0 Å². The first kappa shape index (κ1) is 16.1. The molecular weight excluding hydrogens is 312 g/mol. The van der Waals surface area contributed by atoms with Crippen molar-refractivity contribution < 1.29 is 8.42 Å². The first-order chi connectivity index (χ1) is 10.9. The van der Waals surface area contributed by atoms with Crippen molar-refractivity contribution in [2.24, 2.45) is 7.05 Å². The zero-order chi connectivity index (χ0) is 16.6. The highest BCUT2D eigenvalue weighted by Crippen LogP contribution is 2.39. The predicted octanol–water partition coefficient (Wildman–Crippen LogP) is 2.08. The van der Waals surface area contributed by atoms with E-state index in [0.29, 0.717) is 0 Å². The van der Waals surface area contributed by atoms with Crippen LogP contribution in [-0.2, 0) is 17.1 Å². The molecule has 0 amide bonds. The lowest BCUT2D eigenvalue weighted by Crippen LogP contribution is -2.39. The van der Waals surface area contributed by atoms with Crippen molar-refractivity contribution in [3.63, 3.8) is 0 Å². The third kappa shape index (κ3) is 2.90. The van der Waals surface area contributed by atoms with Crippen molar-refractivity contribution in [3.8, 4) is 0 Å². The zero-order valence-electron chi connectivity index (χ0n) is 13.7. The number of nitrogens with zero attached hydrogens (tertiary/aromatic N) is 4. The van der Waals surface area contributed by atoms with Gasteiger partial charge in [0, 0.05) is 26.1 Å². The van der Waals surface area contributed by atoms with Crippen LogP contribution >= 0.6 is 0 Å². The van der Waals surface area contributed by atoms with E-state index in [1.807, 2.05) is 0 Å². The van der Waals surface area contributed by atoms with Crippen molar-refractivity contribution in [1.29, 1.82) is 0 Å². The fourth-order valence-corrected chi connectivity index (χ4v) is 4.87. The summed E-state index contributed by atoms with van der Waals surface area (Å²) in [5.41, 5.74) is 2.42. The van der Waals surface area contributed by atoms with E-state index in [1.54, 1.807) is 14.1 Å². The molecule has 1 aromatic carbocycles. The molecule has 2 unspecified atom stereocenters. The van der Waals surface area contributed by atoms with Crippen LogP contribution < -0.4 is 0 Å². The SMILES string of the molecule is Cc1ccc(C2CCCC2N(C)S(=O)(=O)c2cnnn2C)cc1. The molecule has 124 valence electrons. The number of sulfonamides is 1. The molecule has 1 fully saturated rings. The van der Waals surface area contributed by atoms with Gasteiger partial charge in [-0.3, -0.25) is 0 Å². The second-order valence-electron chi connectivity index (χ2n) is 6.23. The molecule has 0 aliphatic heterocycles. The van der Waals surface area contributed by atoms with Crippen molar-refractivity contribution in [2.75, 3.05) is 7.05 Å². The smallest absolute Gasteiger partial charge is 0.236 e. The van der Waals surface area contributed by atoms with E-state index in [2.05, 4.69) is 41.5 Å². The van der Waals surface area contributed by atoms with E-state index < -0.39 is 10.0 Å². The van der Waals surface area contributed by atoms with Crippen LogP contribution in [0.5, 0.6) is 0 Å². The Kier molecular flexibility index (Phi) is 4.25. The van der Waals surface area contributed by atoms with Crippen LogP contribution in [0.1, 0.15) is 36.3 Å². The summed E-state index contributed by atoms with van der Waals surface area (Å²) in [4.78, 5) is 0. The molecule has 1 aromatic heterocycles. The average Bonchev–Trinajstić information content (AvgIpc) is 3.16. The van der Waals surface area contributed by atoms with Crippen LogP contribution in [0.25, 0.3) is 0 Å². The lowest BCUT2D eigenvalue weighted by molar-refractivity contribution is 0.343. The molecule has 0 bridgehead atoms. The lowest BCUT2D eigenvalue weighted by Gasteiger charge is -2.29. The summed E-state index contributed by atoms with van der Waals surface area (Å²) in [5.74, 6) is 0.233. The normalized spacial score (nSPS) is 21.9. The maximum absolute atomic E-state index is 12.9. The summed E-state index contributed by atoms with van der Waals surface area (Å²) in [6.45, 7) is 2.06. The van der Waals surface area contributed by atoms with Gasteiger partial charge in [-0.1, -0.05) is 41.5 Å². The monoisotopic (exact) mass is 334 g/mol. The Balaban J connectivity index is 1.90. The highest BCUT2D eigenvalue weighted by molar-refractivity contribution is 7.89. The Labute approximate surface area is 137 Å². The van der Waals surface area contributed by atoms with Gasteiger partial charge in [0.15, 0.2) is 5.03 Å². The number of likely N-dealkylation sites (N-methyl/N-ethyl adjacent to an activating group) is 1. The van der Waals surface area contributed by atoms with E-state index in [1.165, 1.54) is 26.3 Å². The molecule has 7 heteroatoms. The minimum atomic E-state index is -3.59. The fraction of sp³-hybridized carbons (Fsp3) is 0.500. The maximum atomic E-state index is 12.9. The van der Waals surface area contributed by atoms with Gasteiger partial charge in [-0.15, -0.1) is 5.10 Å². The molecule has 2 aromatic rings. The quantitative estimate of drug-likeness (QED) is 0.858. The summed E-state index contributed by atoms with van der Waals surface area (Å²) in [6, 6.07) is 8.38. The van der Waals surface area contributed by atoms with Gasteiger partial charge in [0.25, 0.3) is 10.0 Å². The van der Waals surface area contributed by atoms with Crippen molar-refractivity contribution >= 4 is 10.0 Å². The molecule has 0 spiro atoms. The van der Waals surface area contributed by atoms with Gasteiger partial charge in [-0.05, 0) is 25.3 Å². The molecule has 1 saturated carbocycles. The second kappa shape index (κ2) is 6.05. The van der Waals surface area contributed by atoms with Gasteiger partial charge in [0.05, 0.1) is 6.20 Å². The lowest BCUT2D eigenvalue weighted by atomic mass is 9.93. The topological polar surface area (TPSA) is 68.1 Å². The number of hydrogen-bond acceptors (Lipinski definition) is 4. The van der Waals surface area contributed by atoms with E-state index in [4.69, 9.17) is 0 Å². The largest absolute Gasteiger partial charge is 0.261 e. The predicted molar refractivity (Wildman–Crippen MR) is 87.5 cm³/mol. The average molecular weight is 334 g/mol. The van der Waals surface area contributed by atoms with Gasteiger partial charge in [0.2, 0.25) is 0 Å². The van der Waals surface area contributed by atoms with Crippen molar-refractivity contribution in [2.45, 2.75) is 43.2 Å². The van der Waals surface area contributed by atoms with Crippen LogP contribution in [0.15, 0.2) is 35.5 Å². The van der Waals surface area contributed by atoms with Crippen LogP contribution in [0.3, 0.4) is 0 Å². The number of benzene rings is 1. The van der Waals surface area contributed by atoms with Gasteiger partial charge < -0.3 is 0 Å². The van der Waals surface area contributed by atoms with Crippen LogP contribution in [0, 0.1) is 6.92 Å². The summed E-state index contributed by atoms with van der Waals surface area (Å²) < 4.78 is 28.5. The molecule has 0 saturated heterocycles. The molecule has 23 heavy (non-hydrogen) atoms. The Morgan fingerprint density at radius 1 is 1.22 bits per heavy atom. The standard InChI is InChI=1S/C16H22N4O2S/c1-12-7-9-13(10-8-12)14-5-4-6-15(14)20(3)23(21,22)16-11-17-18-19(16)2/h7-11,14-15H,4-6H2,1-3H3. The number of aromatic nitrogens is 3. The molecule has 1 aliphatic carbocycles. The number of aryl methyl sites for hydroxylation is 2. The minimum Gasteiger partial charge on any atom is -0.236 e. The Morgan fingerprint density at radius 2 is 1.91 bits per heavy atom. The second-order valence-corrected chi connectivity index (χ2v) is 8.18. The number of hydrogen-bond donors (Lipinski definition) is 0. The summed E-state index contributed by atoms with van der Waals surface area (Å²) in [6.07, 6.45) is 4.23. The molecule has 0 radical (unpaired) electrons. The molecule has 2 atom stereocenters. The van der Waals surface area contributed by atoms with Gasteiger partial charge in [-0.2, -0.15) is 4.31 Å². The van der Waals surface area contributed by atoms with E-state index in [-0.39, 0.29) is 17.0 Å². The summed E-state index contributed by atoms with van der Waals surface area (Å²) in [7, 11) is -0.324. The fourth-order valence-electron chi connectivity index (χ4n) is 3.42. The van der Waals surface area contributed by atoms with E-state index in [9.17, 15) is 8.42 Å². The van der Waals surface area contributed by atoms with Crippen LogP contribution in [0.2, 0.25) is 0 Å². The molecule has 1 heterocycles. The Hall–Kier alpha value is -1.73. The van der Waals surface area contributed by atoms with Crippen molar-refractivity contribution in [3.05, 3.63) is 41.6 Å². The highest BCUT2D eigenvalue weighted by Gasteiger charge is 2.38. The Morgan fingerprint density at radius 3 is 2.52 bits per heavy atom. The number of rotatable bonds is 4. The third-order valence-corrected chi connectivity index (χ3v) is 6.70. The Bertz CT molecular complexity index is 783. The van der Waals surface area contributed by atoms with Gasteiger partial charge >= 0.3 is 0 Å². The van der Waals surface area contributed by atoms with E-state index in [0.717, 1.165) is 19.3 Å². The molecule has 0 N–H and O–H groups in total.